The van der Waals surface area contributed by atoms with E-state index in [1.54, 1.807) is 27.2 Å². The summed E-state index contributed by atoms with van der Waals surface area (Å²) in [6.07, 6.45) is 2.13. The summed E-state index contributed by atoms with van der Waals surface area (Å²) in [5, 5.41) is 1.53. The quantitative estimate of drug-likeness (QED) is 0.821. The summed E-state index contributed by atoms with van der Waals surface area (Å²) in [7, 11) is 3.12. The number of methoxy groups -OCH3 is 2. The molecule has 0 bridgehead atoms. The van der Waals surface area contributed by atoms with Gasteiger partial charge in [0.25, 0.3) is 0 Å². The summed E-state index contributed by atoms with van der Waals surface area (Å²) in [4.78, 5) is 16.5. The maximum absolute atomic E-state index is 12.1. The van der Waals surface area contributed by atoms with Crippen LogP contribution >= 0.6 is 0 Å². The molecule has 0 saturated carbocycles. The van der Waals surface area contributed by atoms with Gasteiger partial charge in [0.1, 0.15) is 0 Å². The Morgan fingerprint density at radius 2 is 1.82 bits per heavy atom. The maximum atomic E-state index is 12.1. The Balaban J connectivity index is 2.72. The van der Waals surface area contributed by atoms with E-state index >= 15 is 0 Å². The highest BCUT2D eigenvalue weighted by Gasteiger charge is 2.17. The normalized spacial score (nSPS) is 10.5. The van der Waals surface area contributed by atoms with E-state index < -0.39 is 5.97 Å². The number of rotatable bonds is 6. The van der Waals surface area contributed by atoms with Crippen molar-refractivity contribution in [1.29, 1.82) is 0 Å². The molecule has 0 spiro atoms. The van der Waals surface area contributed by atoms with Crippen molar-refractivity contribution in [3.8, 4) is 11.5 Å². The van der Waals surface area contributed by atoms with Crippen molar-refractivity contribution >= 4 is 16.7 Å². The minimum Gasteiger partial charge on any atom is -0.493 e. The van der Waals surface area contributed by atoms with Crippen molar-refractivity contribution in [1.82, 2.24) is 4.98 Å². The predicted octanol–water partition coefficient (Wildman–Crippen LogP) is 1.93. The number of fused-ring (bicyclic) bond motifs is 1. The summed E-state index contributed by atoms with van der Waals surface area (Å²) < 4.78 is 15.7. The second-order valence-corrected chi connectivity index (χ2v) is 4.63. The molecule has 2 rings (SSSR count). The van der Waals surface area contributed by atoms with Gasteiger partial charge in [-0.05, 0) is 25.6 Å². The maximum Gasteiger partial charge on any atom is 0.340 e. The topological polar surface area (TPSA) is 83.7 Å². The minimum atomic E-state index is -0.411. The first-order valence-electron chi connectivity index (χ1n) is 7.07. The molecule has 0 aliphatic heterocycles. The summed E-state index contributed by atoms with van der Waals surface area (Å²) in [5.74, 6) is 0.716. The molecule has 1 aromatic heterocycles. The molecular formula is C16H20N2O4. The number of benzene rings is 1. The molecule has 0 atom stereocenters. The summed E-state index contributed by atoms with van der Waals surface area (Å²) in [6, 6.07) is 3.58. The van der Waals surface area contributed by atoms with Crippen LogP contribution in [-0.4, -0.2) is 38.3 Å². The monoisotopic (exact) mass is 304 g/mol. The van der Waals surface area contributed by atoms with Crippen LogP contribution in [0.5, 0.6) is 11.5 Å². The third-order valence-electron chi connectivity index (χ3n) is 3.35. The highest BCUT2D eigenvalue weighted by molar-refractivity contribution is 6.05. The van der Waals surface area contributed by atoms with Crippen LogP contribution in [0.2, 0.25) is 0 Å². The highest BCUT2D eigenvalue weighted by Crippen LogP contribution is 2.35. The second kappa shape index (κ2) is 7.09. The molecule has 0 fully saturated rings. The lowest BCUT2D eigenvalue weighted by Crippen LogP contribution is -2.10. The van der Waals surface area contributed by atoms with E-state index in [0.29, 0.717) is 36.6 Å². The number of hydrogen-bond donors (Lipinski definition) is 1. The number of hydrogen-bond acceptors (Lipinski definition) is 6. The van der Waals surface area contributed by atoms with Crippen molar-refractivity contribution in [2.45, 2.75) is 13.3 Å². The van der Waals surface area contributed by atoms with Crippen LogP contribution in [-0.2, 0) is 11.2 Å². The first-order valence-corrected chi connectivity index (χ1v) is 7.07. The molecule has 1 heterocycles. The average molecular weight is 304 g/mol. The molecule has 22 heavy (non-hydrogen) atoms. The van der Waals surface area contributed by atoms with Crippen LogP contribution in [0.1, 0.15) is 23.0 Å². The molecule has 2 N–H and O–H groups in total. The molecule has 6 nitrogen and oxygen atoms in total. The number of pyridine rings is 1. The van der Waals surface area contributed by atoms with Crippen molar-refractivity contribution < 1.29 is 19.0 Å². The van der Waals surface area contributed by atoms with Crippen LogP contribution in [0.25, 0.3) is 10.8 Å². The first kappa shape index (κ1) is 16.0. The van der Waals surface area contributed by atoms with E-state index in [1.807, 2.05) is 6.07 Å². The Kier molecular flexibility index (Phi) is 5.16. The van der Waals surface area contributed by atoms with E-state index in [0.717, 1.165) is 16.5 Å². The lowest BCUT2D eigenvalue weighted by atomic mass is 10.0. The van der Waals surface area contributed by atoms with Gasteiger partial charge in [-0.2, -0.15) is 0 Å². The zero-order valence-corrected chi connectivity index (χ0v) is 13.0. The second-order valence-electron chi connectivity index (χ2n) is 4.63. The number of aromatic nitrogens is 1. The van der Waals surface area contributed by atoms with Gasteiger partial charge < -0.3 is 19.9 Å². The fourth-order valence-electron chi connectivity index (χ4n) is 2.33. The molecule has 0 saturated heterocycles. The molecule has 1 aromatic carbocycles. The number of carbonyl (C=O) groups excluding carboxylic acids is 1. The van der Waals surface area contributed by atoms with E-state index in [4.69, 9.17) is 19.9 Å². The van der Waals surface area contributed by atoms with Gasteiger partial charge in [-0.25, -0.2) is 4.79 Å². The number of carbonyl (C=O) groups is 1. The van der Waals surface area contributed by atoms with Crippen LogP contribution in [0.15, 0.2) is 18.3 Å². The lowest BCUT2D eigenvalue weighted by molar-refractivity contribution is 0.0528. The molecule has 0 unspecified atom stereocenters. The number of esters is 1. The summed E-state index contributed by atoms with van der Waals surface area (Å²) in [6.45, 7) is 2.54. The zero-order chi connectivity index (χ0) is 16.1. The van der Waals surface area contributed by atoms with Gasteiger partial charge in [-0.3, -0.25) is 4.98 Å². The van der Waals surface area contributed by atoms with E-state index in [9.17, 15) is 4.79 Å². The fraction of sp³-hybridized carbons (Fsp3) is 0.375. The van der Waals surface area contributed by atoms with Crippen LogP contribution < -0.4 is 15.2 Å². The van der Waals surface area contributed by atoms with Crippen molar-refractivity contribution in [3.63, 3.8) is 0 Å². The lowest BCUT2D eigenvalue weighted by Gasteiger charge is -2.13. The zero-order valence-electron chi connectivity index (χ0n) is 13.0. The predicted molar refractivity (Wildman–Crippen MR) is 83.6 cm³/mol. The van der Waals surface area contributed by atoms with Crippen molar-refractivity contribution in [2.75, 3.05) is 27.4 Å². The fourth-order valence-corrected chi connectivity index (χ4v) is 2.33. The SMILES string of the molecule is CCOC(=O)c1cnc(CCN)c2cc(OC)c(OC)cc12. The van der Waals surface area contributed by atoms with Crippen molar-refractivity contribution in [3.05, 3.63) is 29.6 Å². The van der Waals surface area contributed by atoms with Crippen LogP contribution in [0.3, 0.4) is 0 Å². The third-order valence-corrected chi connectivity index (χ3v) is 3.35. The first-order chi connectivity index (χ1) is 10.7. The Morgan fingerprint density at radius 1 is 1.18 bits per heavy atom. The average Bonchev–Trinajstić information content (AvgIpc) is 2.54. The highest BCUT2D eigenvalue weighted by atomic mass is 16.5. The molecule has 118 valence electrons. The number of nitrogens with two attached hydrogens (primary N) is 1. The molecular weight excluding hydrogens is 284 g/mol. The Labute approximate surface area is 129 Å². The van der Waals surface area contributed by atoms with Gasteiger partial charge >= 0.3 is 5.97 Å². The Bertz CT molecular complexity index is 685. The Hall–Kier alpha value is -2.34. The van der Waals surface area contributed by atoms with Gasteiger partial charge in [0.05, 0.1) is 26.4 Å². The van der Waals surface area contributed by atoms with Gasteiger partial charge in [-0.15, -0.1) is 0 Å². The van der Waals surface area contributed by atoms with Crippen LogP contribution in [0.4, 0.5) is 0 Å². The van der Waals surface area contributed by atoms with Gasteiger partial charge in [0.15, 0.2) is 11.5 Å². The largest absolute Gasteiger partial charge is 0.493 e. The molecule has 2 aromatic rings. The molecule has 0 amide bonds. The van der Waals surface area contributed by atoms with Crippen LogP contribution in [0, 0.1) is 0 Å². The van der Waals surface area contributed by atoms with E-state index in [1.165, 1.54) is 6.20 Å². The van der Waals surface area contributed by atoms with Gasteiger partial charge in [-0.1, -0.05) is 0 Å². The summed E-state index contributed by atoms with van der Waals surface area (Å²) in [5.41, 5.74) is 6.85. The molecule has 0 radical (unpaired) electrons. The summed E-state index contributed by atoms with van der Waals surface area (Å²) >= 11 is 0. The van der Waals surface area contributed by atoms with Gasteiger partial charge in [0, 0.05) is 29.1 Å². The third kappa shape index (κ3) is 2.96. The molecule has 6 heteroatoms. The van der Waals surface area contributed by atoms with E-state index in [-0.39, 0.29) is 0 Å². The standard InChI is InChI=1S/C16H20N2O4/c1-4-22-16(19)12-9-18-13(5-6-17)11-8-15(21-3)14(20-2)7-10(11)12/h7-9H,4-6,17H2,1-3H3. The number of ether oxygens (including phenoxy) is 3. The molecule has 0 aliphatic rings. The Morgan fingerprint density at radius 3 is 2.36 bits per heavy atom. The van der Waals surface area contributed by atoms with E-state index in [2.05, 4.69) is 4.98 Å². The van der Waals surface area contributed by atoms with Crippen molar-refractivity contribution in [2.24, 2.45) is 5.73 Å². The van der Waals surface area contributed by atoms with Gasteiger partial charge in [0.2, 0.25) is 0 Å². The molecule has 0 aliphatic carbocycles. The minimum absolute atomic E-state index is 0.304. The number of nitrogens with zero attached hydrogens (tertiary/aromatic N) is 1. The smallest absolute Gasteiger partial charge is 0.340 e.